The van der Waals surface area contributed by atoms with Crippen molar-refractivity contribution in [3.8, 4) is 11.5 Å². The van der Waals surface area contributed by atoms with Crippen LogP contribution in [0.3, 0.4) is 0 Å². The van der Waals surface area contributed by atoms with Gasteiger partial charge in [-0.2, -0.15) is 0 Å². The average Bonchev–Trinajstić information content (AvgIpc) is 2.85. The lowest BCUT2D eigenvalue weighted by Gasteiger charge is -2.19. The molecule has 1 heterocycles. The number of aromatic carboxylic acids is 1. The summed E-state index contributed by atoms with van der Waals surface area (Å²) in [6, 6.07) is 4.47. The zero-order valence-electron chi connectivity index (χ0n) is 10.8. The van der Waals surface area contributed by atoms with E-state index in [1.807, 2.05) is 0 Å². The van der Waals surface area contributed by atoms with Crippen molar-refractivity contribution < 1.29 is 28.8 Å². The Bertz CT molecular complexity index is 458. The minimum atomic E-state index is -1.02. The number of methoxy groups -OCH3 is 2. The Hall–Kier alpha value is -1.79. The highest BCUT2D eigenvalue weighted by Crippen LogP contribution is 2.30. The normalized spacial score (nSPS) is 22.2. The summed E-state index contributed by atoms with van der Waals surface area (Å²) in [5.74, 6) is -0.162. The first kappa shape index (κ1) is 13.6. The summed E-state index contributed by atoms with van der Waals surface area (Å²) in [6.45, 7) is 0.862. The van der Waals surface area contributed by atoms with Crippen LogP contribution in [0, 0.1) is 0 Å². The quantitative estimate of drug-likeness (QED) is 0.864. The maximum absolute atomic E-state index is 11.0. The first-order valence-corrected chi connectivity index (χ1v) is 5.84. The van der Waals surface area contributed by atoms with Gasteiger partial charge in [0.05, 0.1) is 25.9 Å². The summed E-state index contributed by atoms with van der Waals surface area (Å²) in [6.07, 6.45) is -0.443. The molecule has 19 heavy (non-hydrogen) atoms. The van der Waals surface area contributed by atoms with E-state index in [2.05, 4.69) is 0 Å². The van der Waals surface area contributed by atoms with E-state index in [9.17, 15) is 4.79 Å². The molecule has 1 saturated heterocycles. The van der Waals surface area contributed by atoms with Gasteiger partial charge in [-0.05, 0) is 18.2 Å². The molecule has 0 amide bonds. The van der Waals surface area contributed by atoms with Gasteiger partial charge in [-0.3, -0.25) is 0 Å². The number of hydrogen-bond acceptors (Lipinski definition) is 5. The van der Waals surface area contributed by atoms with Gasteiger partial charge in [0.15, 0.2) is 17.6 Å². The molecule has 1 fully saturated rings. The third-order valence-corrected chi connectivity index (χ3v) is 2.97. The smallest absolute Gasteiger partial charge is 0.335 e. The average molecular weight is 268 g/mol. The number of carbonyl (C=O) groups is 1. The Morgan fingerprint density at radius 3 is 2.63 bits per heavy atom. The predicted molar refractivity (Wildman–Crippen MR) is 66.0 cm³/mol. The summed E-state index contributed by atoms with van der Waals surface area (Å²) in [5, 5.41) is 8.99. The van der Waals surface area contributed by atoms with E-state index >= 15 is 0 Å². The molecule has 2 atom stereocenters. The zero-order valence-corrected chi connectivity index (χ0v) is 10.8. The Labute approximate surface area is 110 Å². The van der Waals surface area contributed by atoms with Crippen LogP contribution in [0.25, 0.3) is 0 Å². The van der Waals surface area contributed by atoms with E-state index in [1.54, 1.807) is 13.2 Å². The first-order valence-electron chi connectivity index (χ1n) is 5.84. The second kappa shape index (κ2) is 5.90. The zero-order chi connectivity index (χ0) is 13.8. The third kappa shape index (κ3) is 2.97. The molecule has 2 unspecified atom stereocenters. The van der Waals surface area contributed by atoms with Crippen molar-refractivity contribution in [1.82, 2.24) is 0 Å². The van der Waals surface area contributed by atoms with Gasteiger partial charge in [0.1, 0.15) is 6.10 Å². The molecule has 1 aromatic carbocycles. The molecule has 1 N–H and O–H groups in total. The topological polar surface area (TPSA) is 74.2 Å². The molecule has 0 bridgehead atoms. The van der Waals surface area contributed by atoms with Gasteiger partial charge in [0.2, 0.25) is 0 Å². The van der Waals surface area contributed by atoms with E-state index in [4.69, 9.17) is 24.1 Å². The number of rotatable bonds is 5. The first-order chi connectivity index (χ1) is 9.15. The number of ether oxygens (including phenoxy) is 4. The van der Waals surface area contributed by atoms with Crippen LogP contribution in [-0.4, -0.2) is 50.7 Å². The van der Waals surface area contributed by atoms with E-state index in [0.29, 0.717) is 24.7 Å². The second-order valence-corrected chi connectivity index (χ2v) is 4.14. The highest BCUT2D eigenvalue weighted by atomic mass is 16.6. The highest BCUT2D eigenvalue weighted by molar-refractivity contribution is 5.88. The molecule has 2 rings (SSSR count). The van der Waals surface area contributed by atoms with Gasteiger partial charge in [0.25, 0.3) is 0 Å². The van der Waals surface area contributed by atoms with Gasteiger partial charge >= 0.3 is 5.97 Å². The largest absolute Gasteiger partial charge is 0.493 e. The molecule has 0 aliphatic carbocycles. The van der Waals surface area contributed by atoms with Crippen molar-refractivity contribution in [1.29, 1.82) is 0 Å². The lowest BCUT2D eigenvalue weighted by molar-refractivity contribution is 0.0315. The molecule has 104 valence electrons. The molecule has 6 heteroatoms. The minimum Gasteiger partial charge on any atom is -0.493 e. The predicted octanol–water partition coefficient (Wildman–Crippen LogP) is 1.19. The van der Waals surface area contributed by atoms with E-state index < -0.39 is 5.97 Å². The van der Waals surface area contributed by atoms with Gasteiger partial charge in [-0.1, -0.05) is 0 Å². The number of benzene rings is 1. The summed E-state index contributed by atoms with van der Waals surface area (Å²) >= 11 is 0. The minimum absolute atomic E-state index is 0.142. The second-order valence-electron chi connectivity index (χ2n) is 4.14. The van der Waals surface area contributed by atoms with Crippen molar-refractivity contribution in [2.75, 3.05) is 27.4 Å². The summed E-state index contributed by atoms with van der Waals surface area (Å²) in [5.41, 5.74) is 0.142. The van der Waals surface area contributed by atoms with Crippen molar-refractivity contribution in [2.45, 2.75) is 12.2 Å². The van der Waals surface area contributed by atoms with Gasteiger partial charge in [0, 0.05) is 7.11 Å². The van der Waals surface area contributed by atoms with Crippen LogP contribution in [0.2, 0.25) is 0 Å². The molecule has 1 aliphatic heterocycles. The fourth-order valence-electron chi connectivity index (χ4n) is 1.91. The maximum atomic E-state index is 11.0. The van der Waals surface area contributed by atoms with Crippen molar-refractivity contribution >= 4 is 5.97 Å². The van der Waals surface area contributed by atoms with Crippen LogP contribution in [0.4, 0.5) is 0 Å². The Kier molecular flexibility index (Phi) is 4.24. The summed E-state index contributed by atoms with van der Waals surface area (Å²) < 4.78 is 21.4. The molecule has 1 aromatic rings. The van der Waals surface area contributed by atoms with E-state index in [-0.39, 0.29) is 17.8 Å². The van der Waals surface area contributed by atoms with Crippen molar-refractivity contribution in [2.24, 2.45) is 0 Å². The van der Waals surface area contributed by atoms with Crippen LogP contribution in [0.15, 0.2) is 18.2 Å². The van der Waals surface area contributed by atoms with Crippen LogP contribution in [0.1, 0.15) is 10.4 Å². The molecule has 0 radical (unpaired) electrons. The standard InChI is InChI=1S/C13H16O6/c1-16-9-4-3-8(13(14)15)5-10(9)19-12-7-18-6-11(12)17-2/h3-5,11-12H,6-7H2,1-2H3,(H,14,15). The molecular weight excluding hydrogens is 252 g/mol. The van der Waals surface area contributed by atoms with Crippen LogP contribution < -0.4 is 9.47 Å². The molecule has 0 aromatic heterocycles. The SMILES string of the molecule is COc1ccc(C(=O)O)cc1OC1COCC1OC. The van der Waals surface area contributed by atoms with Crippen LogP contribution in [-0.2, 0) is 9.47 Å². The number of carboxylic acids is 1. The van der Waals surface area contributed by atoms with E-state index in [1.165, 1.54) is 19.2 Å². The Morgan fingerprint density at radius 2 is 2.00 bits per heavy atom. The Balaban J connectivity index is 2.22. The van der Waals surface area contributed by atoms with Crippen molar-refractivity contribution in [3.63, 3.8) is 0 Å². The maximum Gasteiger partial charge on any atom is 0.335 e. The lowest BCUT2D eigenvalue weighted by atomic mass is 10.2. The molecule has 1 aliphatic rings. The molecule has 0 spiro atoms. The fraction of sp³-hybridized carbons (Fsp3) is 0.462. The molecular formula is C13H16O6. The highest BCUT2D eigenvalue weighted by Gasteiger charge is 2.31. The third-order valence-electron chi connectivity index (χ3n) is 2.97. The molecule has 6 nitrogen and oxygen atoms in total. The number of hydrogen-bond donors (Lipinski definition) is 1. The lowest BCUT2D eigenvalue weighted by Crippen LogP contribution is -2.31. The summed E-state index contributed by atoms with van der Waals surface area (Å²) in [4.78, 5) is 11.0. The Morgan fingerprint density at radius 1 is 1.26 bits per heavy atom. The summed E-state index contributed by atoms with van der Waals surface area (Å²) in [7, 11) is 3.09. The van der Waals surface area contributed by atoms with Gasteiger partial charge in [-0.25, -0.2) is 4.79 Å². The van der Waals surface area contributed by atoms with Crippen LogP contribution in [0.5, 0.6) is 11.5 Å². The van der Waals surface area contributed by atoms with E-state index in [0.717, 1.165) is 0 Å². The van der Waals surface area contributed by atoms with Crippen LogP contribution >= 0.6 is 0 Å². The van der Waals surface area contributed by atoms with Gasteiger partial charge in [-0.15, -0.1) is 0 Å². The monoisotopic (exact) mass is 268 g/mol. The van der Waals surface area contributed by atoms with Crippen molar-refractivity contribution in [3.05, 3.63) is 23.8 Å². The molecule has 0 saturated carbocycles. The number of carboxylic acid groups (broad SMARTS) is 1. The van der Waals surface area contributed by atoms with Gasteiger partial charge < -0.3 is 24.1 Å². The fourth-order valence-corrected chi connectivity index (χ4v) is 1.91.